The van der Waals surface area contributed by atoms with Crippen LogP contribution in [0.2, 0.25) is 0 Å². The van der Waals surface area contributed by atoms with Gasteiger partial charge in [-0.15, -0.1) is 0 Å². The van der Waals surface area contributed by atoms with E-state index >= 15 is 0 Å². The van der Waals surface area contributed by atoms with E-state index in [4.69, 9.17) is 4.74 Å². The highest BCUT2D eigenvalue weighted by Gasteiger charge is 2.12. The number of non-ortho nitro benzene ring substituents is 1. The summed E-state index contributed by atoms with van der Waals surface area (Å²) in [5, 5.41) is 20.3. The average Bonchev–Trinajstić information content (AvgIpc) is 3.24. The molecule has 2 amide bonds. The fraction of sp³-hybridized carbons (Fsp3) is 0.150. The number of likely N-dealkylation sites (N-methyl/N-ethyl adjacent to an activating group) is 1. The number of nitro benzene ring substituents is 1. The first-order valence-electron chi connectivity index (χ1n) is 9.07. The van der Waals surface area contributed by atoms with E-state index in [0.29, 0.717) is 23.7 Å². The molecule has 1 aromatic heterocycles. The van der Waals surface area contributed by atoms with Crippen molar-refractivity contribution in [1.29, 1.82) is 0 Å². The van der Waals surface area contributed by atoms with Gasteiger partial charge < -0.3 is 15.4 Å². The van der Waals surface area contributed by atoms with Crippen molar-refractivity contribution in [3.8, 4) is 11.4 Å². The molecule has 0 aliphatic heterocycles. The van der Waals surface area contributed by atoms with Crippen molar-refractivity contribution in [3.63, 3.8) is 0 Å². The normalized spacial score (nSPS) is 10.3. The van der Waals surface area contributed by atoms with E-state index in [2.05, 4.69) is 15.7 Å². The minimum atomic E-state index is -0.484. The van der Waals surface area contributed by atoms with Crippen LogP contribution in [0.3, 0.4) is 0 Å². The fourth-order valence-corrected chi connectivity index (χ4v) is 2.54. The second kappa shape index (κ2) is 9.32. The zero-order valence-electron chi connectivity index (χ0n) is 16.1. The van der Waals surface area contributed by atoms with Crippen LogP contribution in [0.5, 0.6) is 5.75 Å². The lowest BCUT2D eigenvalue weighted by Gasteiger charge is -2.08. The zero-order chi connectivity index (χ0) is 21.5. The van der Waals surface area contributed by atoms with Gasteiger partial charge in [-0.2, -0.15) is 5.10 Å². The van der Waals surface area contributed by atoms with Gasteiger partial charge >= 0.3 is 0 Å². The number of carbonyl (C=O) groups is 2. The summed E-state index contributed by atoms with van der Waals surface area (Å²) < 4.78 is 6.81. The molecule has 0 radical (unpaired) electrons. The Labute approximate surface area is 171 Å². The monoisotopic (exact) mass is 409 g/mol. The lowest BCUT2D eigenvalue weighted by atomic mass is 10.3. The quantitative estimate of drug-likeness (QED) is 0.435. The predicted octanol–water partition coefficient (Wildman–Crippen LogP) is 2.55. The highest BCUT2D eigenvalue weighted by molar-refractivity contribution is 6.02. The molecule has 0 aliphatic carbocycles. The van der Waals surface area contributed by atoms with E-state index in [1.54, 1.807) is 48.7 Å². The van der Waals surface area contributed by atoms with Crippen LogP contribution in [-0.4, -0.2) is 39.7 Å². The molecule has 0 unspecified atom stereocenters. The maximum atomic E-state index is 12.4. The minimum absolute atomic E-state index is 0.0257. The predicted molar refractivity (Wildman–Crippen MR) is 109 cm³/mol. The van der Waals surface area contributed by atoms with Crippen molar-refractivity contribution < 1.29 is 19.2 Å². The Morgan fingerprint density at radius 3 is 2.43 bits per heavy atom. The van der Waals surface area contributed by atoms with Crippen LogP contribution in [0.15, 0.2) is 60.8 Å². The lowest BCUT2D eigenvalue weighted by Crippen LogP contribution is -2.28. The largest absolute Gasteiger partial charge is 0.484 e. The number of benzene rings is 2. The molecular formula is C20H19N5O5. The molecule has 0 fully saturated rings. The van der Waals surface area contributed by atoms with Crippen molar-refractivity contribution in [2.24, 2.45) is 0 Å². The number of anilines is 1. The Bertz CT molecular complexity index is 1040. The number of amides is 2. The van der Waals surface area contributed by atoms with Crippen LogP contribution in [0.1, 0.15) is 17.4 Å². The third-order valence-electron chi connectivity index (χ3n) is 4.00. The van der Waals surface area contributed by atoms with Gasteiger partial charge in [-0.25, -0.2) is 4.68 Å². The summed E-state index contributed by atoms with van der Waals surface area (Å²) in [5.41, 5.74) is 1.29. The molecule has 154 valence electrons. The second-order valence-electron chi connectivity index (χ2n) is 6.14. The molecule has 2 N–H and O–H groups in total. The third-order valence-corrected chi connectivity index (χ3v) is 4.00. The summed E-state index contributed by atoms with van der Waals surface area (Å²) in [6.07, 6.45) is 1.59. The number of carbonyl (C=O) groups excluding carboxylic acids is 2. The first kappa shape index (κ1) is 20.5. The molecule has 2 aromatic carbocycles. The van der Waals surface area contributed by atoms with Crippen LogP contribution < -0.4 is 15.4 Å². The summed E-state index contributed by atoms with van der Waals surface area (Å²) in [7, 11) is 0. The summed E-state index contributed by atoms with van der Waals surface area (Å²) >= 11 is 0. The van der Waals surface area contributed by atoms with Gasteiger partial charge in [0.1, 0.15) is 5.75 Å². The molecule has 0 aliphatic rings. The van der Waals surface area contributed by atoms with Crippen molar-refractivity contribution in [2.75, 3.05) is 18.5 Å². The number of hydrogen-bond acceptors (Lipinski definition) is 6. The second-order valence-corrected chi connectivity index (χ2v) is 6.14. The van der Waals surface area contributed by atoms with Gasteiger partial charge in [0.15, 0.2) is 12.3 Å². The summed E-state index contributed by atoms with van der Waals surface area (Å²) in [5.74, 6) is -0.119. The van der Waals surface area contributed by atoms with Crippen LogP contribution in [0.4, 0.5) is 11.4 Å². The highest BCUT2D eigenvalue weighted by Crippen LogP contribution is 2.17. The molecular weight excluding hydrogens is 390 g/mol. The lowest BCUT2D eigenvalue weighted by molar-refractivity contribution is -0.384. The van der Waals surface area contributed by atoms with E-state index in [9.17, 15) is 19.7 Å². The standard InChI is InChI=1S/C20H19N5O5/c1-2-21-19(26)13-30-17-9-3-14(4-10-17)22-20(27)18-11-12-24(23-18)15-5-7-16(8-6-15)25(28)29/h3-12H,2,13H2,1H3,(H,21,26)(H,22,27). The van der Waals surface area contributed by atoms with Gasteiger partial charge in [-0.3, -0.25) is 19.7 Å². The molecule has 10 heteroatoms. The van der Waals surface area contributed by atoms with Crippen LogP contribution >= 0.6 is 0 Å². The molecule has 0 saturated carbocycles. The number of nitrogens with zero attached hydrogens (tertiary/aromatic N) is 3. The molecule has 10 nitrogen and oxygen atoms in total. The van der Waals surface area contributed by atoms with Crippen molar-refractivity contribution in [3.05, 3.63) is 76.6 Å². The fourth-order valence-electron chi connectivity index (χ4n) is 2.54. The Hall–Kier alpha value is -4.21. The smallest absolute Gasteiger partial charge is 0.276 e. The minimum Gasteiger partial charge on any atom is -0.484 e. The maximum Gasteiger partial charge on any atom is 0.276 e. The van der Waals surface area contributed by atoms with E-state index in [1.165, 1.54) is 16.8 Å². The Morgan fingerprint density at radius 2 is 1.80 bits per heavy atom. The Morgan fingerprint density at radius 1 is 1.10 bits per heavy atom. The zero-order valence-corrected chi connectivity index (χ0v) is 16.1. The number of nitro groups is 1. The molecule has 3 aromatic rings. The van der Waals surface area contributed by atoms with Gasteiger partial charge in [0.05, 0.1) is 10.6 Å². The topological polar surface area (TPSA) is 128 Å². The van der Waals surface area contributed by atoms with Crippen LogP contribution in [0, 0.1) is 10.1 Å². The van der Waals surface area contributed by atoms with Gasteiger partial charge in [0, 0.05) is 30.6 Å². The van der Waals surface area contributed by atoms with Crippen molar-refractivity contribution >= 4 is 23.2 Å². The first-order valence-corrected chi connectivity index (χ1v) is 9.07. The van der Waals surface area contributed by atoms with E-state index in [-0.39, 0.29) is 23.9 Å². The molecule has 1 heterocycles. The molecule has 0 spiro atoms. The number of ether oxygens (including phenoxy) is 1. The van der Waals surface area contributed by atoms with Gasteiger partial charge in [0.2, 0.25) is 0 Å². The number of hydrogen-bond donors (Lipinski definition) is 2. The Kier molecular flexibility index (Phi) is 6.38. The molecule has 0 saturated heterocycles. The number of aromatic nitrogens is 2. The van der Waals surface area contributed by atoms with E-state index in [0.717, 1.165) is 0 Å². The van der Waals surface area contributed by atoms with E-state index < -0.39 is 10.8 Å². The summed E-state index contributed by atoms with van der Waals surface area (Å²) in [6, 6.07) is 14.0. The van der Waals surface area contributed by atoms with Crippen LogP contribution in [-0.2, 0) is 4.79 Å². The molecule has 0 atom stereocenters. The van der Waals surface area contributed by atoms with E-state index in [1.807, 2.05) is 6.92 Å². The summed E-state index contributed by atoms with van der Waals surface area (Å²) in [4.78, 5) is 34.1. The van der Waals surface area contributed by atoms with Gasteiger partial charge in [0.25, 0.3) is 17.5 Å². The average molecular weight is 409 g/mol. The number of nitrogens with one attached hydrogen (secondary N) is 2. The van der Waals surface area contributed by atoms with Crippen molar-refractivity contribution in [2.45, 2.75) is 6.92 Å². The summed E-state index contributed by atoms with van der Waals surface area (Å²) in [6.45, 7) is 2.27. The first-order chi connectivity index (χ1) is 14.5. The molecule has 3 rings (SSSR count). The molecule has 0 bridgehead atoms. The molecule has 30 heavy (non-hydrogen) atoms. The third kappa shape index (κ3) is 5.19. The van der Waals surface area contributed by atoms with Crippen LogP contribution in [0.25, 0.3) is 5.69 Å². The number of rotatable bonds is 8. The SMILES string of the molecule is CCNC(=O)COc1ccc(NC(=O)c2ccn(-c3ccc([N+](=O)[O-])cc3)n2)cc1. The van der Waals surface area contributed by atoms with Crippen molar-refractivity contribution in [1.82, 2.24) is 15.1 Å². The highest BCUT2D eigenvalue weighted by atomic mass is 16.6. The Balaban J connectivity index is 1.60. The van der Waals surface area contributed by atoms with Gasteiger partial charge in [-0.05, 0) is 49.4 Å². The maximum absolute atomic E-state index is 12.4. The van der Waals surface area contributed by atoms with Gasteiger partial charge in [-0.1, -0.05) is 0 Å².